The molecular formula is C12H7F. The average molecular weight is 170 g/mol. The number of terminal acetylenes is 1. The van der Waals surface area contributed by atoms with E-state index in [1.54, 1.807) is 18.2 Å². The zero-order chi connectivity index (χ0) is 9.26. The van der Waals surface area contributed by atoms with Crippen molar-refractivity contribution in [1.29, 1.82) is 0 Å². The van der Waals surface area contributed by atoms with E-state index in [-0.39, 0.29) is 5.82 Å². The smallest absolute Gasteiger partial charge is 0.131 e. The number of benzene rings is 2. The third-order valence-corrected chi connectivity index (χ3v) is 2.03. The molecule has 0 nitrogen and oxygen atoms in total. The lowest BCUT2D eigenvalue weighted by molar-refractivity contribution is 0.640. The van der Waals surface area contributed by atoms with Gasteiger partial charge in [-0.3, -0.25) is 0 Å². The van der Waals surface area contributed by atoms with Crippen LogP contribution in [0.2, 0.25) is 0 Å². The molecule has 2 aromatic carbocycles. The van der Waals surface area contributed by atoms with Gasteiger partial charge in [0, 0.05) is 16.3 Å². The molecule has 0 spiro atoms. The van der Waals surface area contributed by atoms with Gasteiger partial charge in [-0.05, 0) is 12.1 Å². The van der Waals surface area contributed by atoms with Gasteiger partial charge in [0.25, 0.3) is 0 Å². The van der Waals surface area contributed by atoms with Crippen molar-refractivity contribution in [2.24, 2.45) is 0 Å². The highest BCUT2D eigenvalue weighted by Gasteiger charge is 2.01. The standard InChI is InChI=1S/C12H7F/c1-2-9-7-8-12(13)11-6-4-3-5-10(9)11/h1,3-8H. The Morgan fingerprint density at radius 2 is 1.69 bits per heavy atom. The molecule has 0 radical (unpaired) electrons. The molecule has 0 heterocycles. The summed E-state index contributed by atoms with van der Waals surface area (Å²) < 4.78 is 13.2. The summed E-state index contributed by atoms with van der Waals surface area (Å²) in [5.41, 5.74) is 0.733. The summed E-state index contributed by atoms with van der Waals surface area (Å²) in [5.74, 6) is 2.30. The molecule has 0 atom stereocenters. The van der Waals surface area contributed by atoms with Crippen LogP contribution >= 0.6 is 0 Å². The number of hydrogen-bond acceptors (Lipinski definition) is 0. The van der Waals surface area contributed by atoms with Gasteiger partial charge in [-0.1, -0.05) is 30.2 Å². The fourth-order valence-electron chi connectivity index (χ4n) is 1.39. The zero-order valence-electron chi connectivity index (χ0n) is 6.92. The second-order valence-corrected chi connectivity index (χ2v) is 2.78. The first-order chi connectivity index (χ1) is 6.33. The Morgan fingerprint density at radius 1 is 1.00 bits per heavy atom. The van der Waals surface area contributed by atoms with Crippen LogP contribution < -0.4 is 0 Å². The summed E-state index contributed by atoms with van der Waals surface area (Å²) in [6.45, 7) is 0. The van der Waals surface area contributed by atoms with Gasteiger partial charge in [0.2, 0.25) is 0 Å². The van der Waals surface area contributed by atoms with Crippen molar-refractivity contribution in [2.45, 2.75) is 0 Å². The van der Waals surface area contributed by atoms with Gasteiger partial charge in [-0.25, -0.2) is 4.39 Å². The maximum atomic E-state index is 13.2. The largest absolute Gasteiger partial charge is 0.206 e. The predicted octanol–water partition coefficient (Wildman–Crippen LogP) is 2.96. The molecule has 0 amide bonds. The van der Waals surface area contributed by atoms with E-state index in [0.29, 0.717) is 5.39 Å². The maximum Gasteiger partial charge on any atom is 0.131 e. The maximum absolute atomic E-state index is 13.2. The summed E-state index contributed by atoms with van der Waals surface area (Å²) in [4.78, 5) is 0. The van der Waals surface area contributed by atoms with Gasteiger partial charge in [-0.15, -0.1) is 6.42 Å². The molecule has 2 rings (SSSR count). The minimum Gasteiger partial charge on any atom is -0.206 e. The number of rotatable bonds is 0. The van der Waals surface area contributed by atoms with Crippen molar-refractivity contribution in [3.05, 3.63) is 47.8 Å². The first-order valence-corrected chi connectivity index (χ1v) is 3.97. The molecule has 0 saturated heterocycles. The molecule has 0 fully saturated rings. The predicted molar refractivity (Wildman–Crippen MR) is 51.8 cm³/mol. The van der Waals surface area contributed by atoms with E-state index in [9.17, 15) is 4.39 Å². The topological polar surface area (TPSA) is 0 Å². The van der Waals surface area contributed by atoms with E-state index in [1.165, 1.54) is 6.07 Å². The van der Waals surface area contributed by atoms with Crippen LogP contribution in [0.3, 0.4) is 0 Å². The number of hydrogen-bond donors (Lipinski definition) is 0. The van der Waals surface area contributed by atoms with Crippen molar-refractivity contribution in [3.8, 4) is 12.3 Å². The van der Waals surface area contributed by atoms with Crippen molar-refractivity contribution in [1.82, 2.24) is 0 Å². The van der Waals surface area contributed by atoms with E-state index in [4.69, 9.17) is 6.42 Å². The quantitative estimate of drug-likeness (QED) is 0.533. The van der Waals surface area contributed by atoms with Crippen LogP contribution in [0.15, 0.2) is 36.4 Å². The molecule has 0 bridgehead atoms. The van der Waals surface area contributed by atoms with Gasteiger partial charge < -0.3 is 0 Å². The summed E-state index contributed by atoms with van der Waals surface area (Å²) in [6, 6.07) is 10.2. The minimum absolute atomic E-state index is 0.227. The van der Waals surface area contributed by atoms with Crippen molar-refractivity contribution in [3.63, 3.8) is 0 Å². The van der Waals surface area contributed by atoms with Gasteiger partial charge in [0.15, 0.2) is 0 Å². The van der Waals surface area contributed by atoms with Crippen LogP contribution in [0.1, 0.15) is 5.56 Å². The molecule has 0 aliphatic rings. The van der Waals surface area contributed by atoms with Crippen LogP contribution in [-0.2, 0) is 0 Å². The second-order valence-electron chi connectivity index (χ2n) is 2.78. The van der Waals surface area contributed by atoms with Gasteiger partial charge in [0.1, 0.15) is 5.82 Å². The lowest BCUT2D eigenvalue weighted by atomic mass is 10.0. The van der Waals surface area contributed by atoms with Gasteiger partial charge >= 0.3 is 0 Å². The van der Waals surface area contributed by atoms with Crippen molar-refractivity contribution < 1.29 is 4.39 Å². The van der Waals surface area contributed by atoms with Crippen LogP contribution in [0.5, 0.6) is 0 Å². The van der Waals surface area contributed by atoms with Gasteiger partial charge in [-0.2, -0.15) is 0 Å². The third kappa shape index (κ3) is 1.17. The zero-order valence-corrected chi connectivity index (χ0v) is 6.92. The highest BCUT2D eigenvalue weighted by molar-refractivity contribution is 5.88. The molecule has 62 valence electrons. The highest BCUT2D eigenvalue weighted by atomic mass is 19.1. The summed E-state index contributed by atoms with van der Waals surface area (Å²) >= 11 is 0. The van der Waals surface area contributed by atoms with Crippen LogP contribution in [0.25, 0.3) is 10.8 Å². The molecule has 13 heavy (non-hydrogen) atoms. The molecule has 1 heteroatoms. The Balaban J connectivity index is 2.95. The molecule has 0 saturated carbocycles. The Bertz CT molecular complexity index is 492. The second kappa shape index (κ2) is 2.91. The number of fused-ring (bicyclic) bond motifs is 1. The Hall–Kier alpha value is -1.81. The molecule has 0 N–H and O–H groups in total. The number of halogens is 1. The van der Waals surface area contributed by atoms with Crippen LogP contribution in [0.4, 0.5) is 4.39 Å². The van der Waals surface area contributed by atoms with E-state index >= 15 is 0 Å². The third-order valence-electron chi connectivity index (χ3n) is 2.03. The van der Waals surface area contributed by atoms with E-state index < -0.39 is 0 Å². The monoisotopic (exact) mass is 170 g/mol. The molecule has 0 aliphatic heterocycles. The summed E-state index contributed by atoms with van der Waals surface area (Å²) in [7, 11) is 0. The molecule has 0 aromatic heterocycles. The molecule has 0 unspecified atom stereocenters. The van der Waals surface area contributed by atoms with Crippen molar-refractivity contribution in [2.75, 3.05) is 0 Å². The van der Waals surface area contributed by atoms with E-state index in [1.807, 2.05) is 12.1 Å². The van der Waals surface area contributed by atoms with E-state index in [0.717, 1.165) is 10.9 Å². The van der Waals surface area contributed by atoms with Gasteiger partial charge in [0.05, 0.1) is 0 Å². The minimum atomic E-state index is -0.227. The van der Waals surface area contributed by atoms with E-state index in [2.05, 4.69) is 5.92 Å². The fraction of sp³-hybridized carbons (Fsp3) is 0. The first-order valence-electron chi connectivity index (χ1n) is 3.97. The van der Waals surface area contributed by atoms with Crippen LogP contribution in [-0.4, -0.2) is 0 Å². The molecule has 0 aliphatic carbocycles. The average Bonchev–Trinajstić information content (AvgIpc) is 2.19. The summed E-state index contributed by atoms with van der Waals surface area (Å²) in [5, 5.41) is 1.38. The van der Waals surface area contributed by atoms with Crippen molar-refractivity contribution >= 4 is 10.8 Å². The fourth-order valence-corrected chi connectivity index (χ4v) is 1.39. The Kier molecular flexibility index (Phi) is 1.75. The Morgan fingerprint density at radius 3 is 2.38 bits per heavy atom. The highest BCUT2D eigenvalue weighted by Crippen LogP contribution is 2.20. The molecule has 2 aromatic rings. The lowest BCUT2D eigenvalue weighted by Crippen LogP contribution is -1.83. The first kappa shape index (κ1) is 7.82. The normalized spacial score (nSPS) is 9.85. The SMILES string of the molecule is C#Cc1ccc(F)c2ccccc12. The lowest BCUT2D eigenvalue weighted by Gasteiger charge is -2.00. The Labute approximate surface area is 76.0 Å². The van der Waals surface area contributed by atoms with Crippen LogP contribution in [0, 0.1) is 18.2 Å². The molecular weight excluding hydrogens is 163 g/mol. The summed E-state index contributed by atoms with van der Waals surface area (Å²) in [6.07, 6.45) is 5.29.